The predicted octanol–water partition coefficient (Wildman–Crippen LogP) is 3.53. The predicted molar refractivity (Wildman–Crippen MR) is 112 cm³/mol. The van der Waals surface area contributed by atoms with E-state index in [9.17, 15) is 14.4 Å². The molecule has 2 aromatic carbocycles. The molecule has 5 heteroatoms. The molecule has 0 bridgehead atoms. The number of benzene rings is 2. The number of hydrogen-bond acceptors (Lipinski definition) is 3. The number of amides is 2. The molecule has 0 radical (unpaired) electrons. The molecule has 2 aliphatic rings. The fourth-order valence-electron chi connectivity index (χ4n) is 4.45. The first-order valence-electron chi connectivity index (χ1n) is 10.2. The van der Waals surface area contributed by atoms with E-state index in [1.165, 1.54) is 0 Å². The molecular weight excluding hydrogens is 364 g/mol. The maximum absolute atomic E-state index is 13.3. The molecule has 2 atom stereocenters. The second-order valence-electron chi connectivity index (χ2n) is 8.11. The summed E-state index contributed by atoms with van der Waals surface area (Å²) in [6, 6.07) is 14.9. The van der Waals surface area contributed by atoms with Gasteiger partial charge in [-0.15, -0.1) is 0 Å². The average Bonchev–Trinajstić information content (AvgIpc) is 3.36. The normalized spacial score (nSPS) is 21.7. The lowest BCUT2D eigenvalue weighted by Gasteiger charge is -2.27. The van der Waals surface area contributed by atoms with E-state index in [1.54, 1.807) is 9.80 Å². The first-order valence-corrected chi connectivity index (χ1v) is 10.2. The number of aryl methyl sites for hydroxylation is 2. The molecule has 4 rings (SSSR count). The van der Waals surface area contributed by atoms with Crippen molar-refractivity contribution in [3.63, 3.8) is 0 Å². The summed E-state index contributed by atoms with van der Waals surface area (Å²) in [4.78, 5) is 42.4. The Balaban J connectivity index is 1.52. The summed E-state index contributed by atoms with van der Waals surface area (Å²) in [5.74, 6) is -0.486. The monoisotopic (exact) mass is 390 g/mol. The fourth-order valence-corrected chi connectivity index (χ4v) is 4.45. The van der Waals surface area contributed by atoms with Crippen LogP contribution >= 0.6 is 0 Å². The first-order chi connectivity index (χ1) is 14.0. The zero-order valence-corrected chi connectivity index (χ0v) is 16.9. The number of nitrogens with zero attached hydrogens (tertiary/aromatic N) is 2. The van der Waals surface area contributed by atoms with Gasteiger partial charge in [0, 0.05) is 30.8 Å². The highest BCUT2D eigenvalue weighted by Gasteiger charge is 2.42. The lowest BCUT2D eigenvalue weighted by atomic mass is 9.95. The average molecular weight is 390 g/mol. The highest BCUT2D eigenvalue weighted by atomic mass is 16.2. The van der Waals surface area contributed by atoms with Gasteiger partial charge in [0.25, 0.3) is 0 Å². The Morgan fingerprint density at radius 3 is 2.55 bits per heavy atom. The third-order valence-electron chi connectivity index (χ3n) is 6.04. The van der Waals surface area contributed by atoms with E-state index in [0.717, 1.165) is 23.2 Å². The summed E-state index contributed by atoms with van der Waals surface area (Å²) >= 11 is 0. The van der Waals surface area contributed by atoms with Crippen molar-refractivity contribution in [2.24, 2.45) is 5.92 Å². The molecule has 2 unspecified atom stereocenters. The molecule has 2 amide bonds. The summed E-state index contributed by atoms with van der Waals surface area (Å²) in [6.45, 7) is 4.86. The van der Waals surface area contributed by atoms with Crippen molar-refractivity contribution in [1.29, 1.82) is 0 Å². The van der Waals surface area contributed by atoms with Crippen LogP contribution in [0.15, 0.2) is 48.5 Å². The number of rotatable bonds is 4. The zero-order valence-electron chi connectivity index (χ0n) is 16.9. The summed E-state index contributed by atoms with van der Waals surface area (Å²) < 4.78 is 0. The van der Waals surface area contributed by atoms with E-state index in [-0.39, 0.29) is 24.0 Å². The molecule has 29 heavy (non-hydrogen) atoms. The van der Waals surface area contributed by atoms with Gasteiger partial charge >= 0.3 is 0 Å². The largest absolute Gasteiger partial charge is 0.332 e. The minimum Gasteiger partial charge on any atom is -0.332 e. The Kier molecular flexibility index (Phi) is 5.22. The molecule has 0 aliphatic carbocycles. The maximum atomic E-state index is 13.3. The number of anilines is 1. The Morgan fingerprint density at radius 1 is 1.03 bits per heavy atom. The number of ketones is 1. The molecule has 2 heterocycles. The van der Waals surface area contributed by atoms with Gasteiger partial charge in [-0.05, 0) is 50.5 Å². The van der Waals surface area contributed by atoms with Crippen LogP contribution in [0.2, 0.25) is 0 Å². The summed E-state index contributed by atoms with van der Waals surface area (Å²) in [6.07, 6.45) is 1.70. The number of carbonyl (C=O) groups is 3. The molecule has 0 spiro atoms. The topological polar surface area (TPSA) is 57.7 Å². The zero-order chi connectivity index (χ0) is 20.5. The molecule has 0 saturated carbocycles. The third-order valence-corrected chi connectivity index (χ3v) is 6.04. The Bertz CT molecular complexity index is 954. The molecule has 2 aliphatic heterocycles. The van der Waals surface area contributed by atoms with Crippen LogP contribution in [0.3, 0.4) is 0 Å². The van der Waals surface area contributed by atoms with Crippen LogP contribution in [0.1, 0.15) is 40.7 Å². The van der Waals surface area contributed by atoms with Crippen LogP contribution in [0, 0.1) is 19.8 Å². The highest BCUT2D eigenvalue weighted by molar-refractivity contribution is 6.05. The molecule has 0 aromatic heterocycles. The van der Waals surface area contributed by atoms with Crippen LogP contribution in [-0.4, -0.2) is 41.6 Å². The molecule has 150 valence electrons. The lowest BCUT2D eigenvalue weighted by molar-refractivity contribution is -0.135. The van der Waals surface area contributed by atoms with E-state index in [1.807, 2.05) is 62.4 Å². The summed E-state index contributed by atoms with van der Waals surface area (Å²) in [5.41, 5.74) is 3.49. The van der Waals surface area contributed by atoms with E-state index in [4.69, 9.17) is 0 Å². The van der Waals surface area contributed by atoms with Crippen LogP contribution < -0.4 is 4.90 Å². The van der Waals surface area contributed by atoms with Crippen LogP contribution in [-0.2, 0) is 9.59 Å². The van der Waals surface area contributed by atoms with Gasteiger partial charge in [0.05, 0.1) is 12.0 Å². The van der Waals surface area contributed by atoms with Gasteiger partial charge in [0.15, 0.2) is 5.78 Å². The first kappa shape index (κ1) is 19.4. The summed E-state index contributed by atoms with van der Waals surface area (Å²) in [5, 5.41) is 0. The van der Waals surface area contributed by atoms with E-state index < -0.39 is 12.0 Å². The van der Waals surface area contributed by atoms with Crippen molar-refractivity contribution < 1.29 is 14.4 Å². The SMILES string of the molecule is Cc1ccc(C)c(C(=O)C2CCCN2C(=O)C2CC(=O)N(c3ccccc3)C2)c1. The van der Waals surface area contributed by atoms with Crippen molar-refractivity contribution >= 4 is 23.3 Å². The van der Waals surface area contributed by atoms with Crippen molar-refractivity contribution in [2.45, 2.75) is 39.2 Å². The minimum absolute atomic E-state index is 0.0151. The third kappa shape index (κ3) is 3.69. The standard InChI is InChI=1S/C24H26N2O3/c1-16-10-11-17(2)20(13-16)23(28)21-9-6-12-25(21)24(29)18-14-22(27)26(15-18)19-7-4-3-5-8-19/h3-5,7-8,10-11,13,18,21H,6,9,12,14-15H2,1-2H3. The molecule has 2 saturated heterocycles. The number of hydrogen-bond donors (Lipinski definition) is 0. The lowest BCUT2D eigenvalue weighted by Crippen LogP contribution is -2.44. The Morgan fingerprint density at radius 2 is 1.79 bits per heavy atom. The Hall–Kier alpha value is -2.95. The number of carbonyl (C=O) groups excluding carboxylic acids is 3. The van der Waals surface area contributed by atoms with E-state index in [0.29, 0.717) is 25.1 Å². The van der Waals surface area contributed by atoms with E-state index in [2.05, 4.69) is 0 Å². The van der Waals surface area contributed by atoms with Gasteiger partial charge in [-0.1, -0.05) is 35.9 Å². The highest BCUT2D eigenvalue weighted by Crippen LogP contribution is 2.30. The van der Waals surface area contributed by atoms with Gasteiger partial charge in [-0.2, -0.15) is 0 Å². The van der Waals surface area contributed by atoms with Crippen LogP contribution in [0.4, 0.5) is 5.69 Å². The van der Waals surface area contributed by atoms with Crippen molar-refractivity contribution in [1.82, 2.24) is 4.90 Å². The smallest absolute Gasteiger partial charge is 0.228 e. The van der Waals surface area contributed by atoms with Crippen molar-refractivity contribution in [3.05, 3.63) is 65.2 Å². The van der Waals surface area contributed by atoms with Gasteiger partial charge in [0.1, 0.15) is 0 Å². The second-order valence-corrected chi connectivity index (χ2v) is 8.11. The fraction of sp³-hybridized carbons (Fsp3) is 0.375. The molecule has 0 N–H and O–H groups in total. The van der Waals surface area contributed by atoms with Gasteiger partial charge in [0.2, 0.25) is 11.8 Å². The van der Waals surface area contributed by atoms with Crippen molar-refractivity contribution in [3.8, 4) is 0 Å². The Labute approximate surface area is 171 Å². The van der Waals surface area contributed by atoms with Gasteiger partial charge in [-0.3, -0.25) is 14.4 Å². The molecule has 5 nitrogen and oxygen atoms in total. The van der Waals surface area contributed by atoms with E-state index >= 15 is 0 Å². The number of likely N-dealkylation sites (tertiary alicyclic amines) is 1. The maximum Gasteiger partial charge on any atom is 0.228 e. The van der Waals surface area contributed by atoms with Crippen LogP contribution in [0.5, 0.6) is 0 Å². The summed E-state index contributed by atoms with van der Waals surface area (Å²) in [7, 11) is 0. The van der Waals surface area contributed by atoms with Crippen LogP contribution in [0.25, 0.3) is 0 Å². The molecular formula is C24H26N2O3. The number of Topliss-reactive ketones (excluding diaryl/α,β-unsaturated/α-hetero) is 1. The molecule has 2 fully saturated rings. The minimum atomic E-state index is -0.427. The molecule has 2 aromatic rings. The van der Waals surface area contributed by atoms with Gasteiger partial charge in [-0.25, -0.2) is 0 Å². The quantitative estimate of drug-likeness (QED) is 0.751. The van der Waals surface area contributed by atoms with Gasteiger partial charge < -0.3 is 9.80 Å². The number of para-hydroxylation sites is 1. The van der Waals surface area contributed by atoms with Crippen molar-refractivity contribution in [2.75, 3.05) is 18.0 Å². The second kappa shape index (κ2) is 7.82.